The Morgan fingerprint density at radius 3 is 2.70 bits per heavy atom. The maximum atomic E-state index is 13.4. The number of nitrogens with one attached hydrogen (secondary N) is 1. The van der Waals surface area contributed by atoms with Crippen LogP contribution in [-0.2, 0) is 5.75 Å². The molecule has 0 fully saturated rings. The fourth-order valence-electron chi connectivity index (χ4n) is 1.92. The third kappa shape index (κ3) is 3.75. The normalized spacial score (nSPS) is 12.4. The highest BCUT2D eigenvalue weighted by Crippen LogP contribution is 2.32. The summed E-state index contributed by atoms with van der Waals surface area (Å²) in [5.74, 6) is 0.568. The number of thioether (sulfide) groups is 1. The molecule has 0 bridgehead atoms. The first-order chi connectivity index (χ1) is 9.61. The third-order valence-electron chi connectivity index (χ3n) is 3.21. The maximum Gasteiger partial charge on any atom is 0.123 e. The number of hydrogen-bond donors (Lipinski definition) is 1. The van der Waals surface area contributed by atoms with Gasteiger partial charge in [-0.15, -0.1) is 11.8 Å². The monoisotopic (exact) mass is 309 g/mol. The minimum Gasteiger partial charge on any atom is -0.313 e. The topological polar surface area (TPSA) is 12.0 Å². The summed E-state index contributed by atoms with van der Waals surface area (Å²) in [6.45, 7) is 2.02. The van der Waals surface area contributed by atoms with Crippen LogP contribution < -0.4 is 5.32 Å². The molecule has 0 saturated heterocycles. The van der Waals surface area contributed by atoms with Crippen LogP contribution in [0.4, 0.5) is 4.39 Å². The molecule has 20 heavy (non-hydrogen) atoms. The van der Waals surface area contributed by atoms with Crippen molar-refractivity contribution in [2.75, 3.05) is 7.05 Å². The number of hydrogen-bond acceptors (Lipinski definition) is 2. The summed E-state index contributed by atoms with van der Waals surface area (Å²) in [4.78, 5) is 1.08. The van der Waals surface area contributed by atoms with Crippen LogP contribution in [0.15, 0.2) is 47.4 Å². The summed E-state index contributed by atoms with van der Waals surface area (Å²) < 4.78 is 13.4. The first-order valence-corrected chi connectivity index (χ1v) is 7.81. The lowest BCUT2D eigenvalue weighted by Crippen LogP contribution is -2.13. The quantitative estimate of drug-likeness (QED) is 0.775. The van der Waals surface area contributed by atoms with E-state index in [4.69, 9.17) is 11.6 Å². The zero-order chi connectivity index (χ0) is 14.5. The molecule has 0 amide bonds. The fourth-order valence-corrected chi connectivity index (χ4v) is 3.33. The Hall–Kier alpha value is -1.03. The van der Waals surface area contributed by atoms with Gasteiger partial charge >= 0.3 is 0 Å². The van der Waals surface area contributed by atoms with Gasteiger partial charge in [-0.25, -0.2) is 4.39 Å². The van der Waals surface area contributed by atoms with Crippen LogP contribution in [0.3, 0.4) is 0 Å². The Morgan fingerprint density at radius 2 is 2.00 bits per heavy atom. The molecule has 0 aliphatic heterocycles. The highest BCUT2D eigenvalue weighted by molar-refractivity contribution is 7.98. The molecule has 1 nitrogen and oxygen atoms in total. The summed E-state index contributed by atoms with van der Waals surface area (Å²) in [5.41, 5.74) is 2.07. The SMILES string of the molecule is CNC(C)c1cc(F)ccc1SCc1ccccc1Cl. The van der Waals surface area contributed by atoms with E-state index >= 15 is 0 Å². The Kier molecular flexibility index (Phi) is 5.46. The molecule has 2 aromatic rings. The largest absolute Gasteiger partial charge is 0.313 e. The summed E-state index contributed by atoms with van der Waals surface area (Å²) in [7, 11) is 1.87. The maximum absolute atomic E-state index is 13.4. The molecular formula is C16H17ClFNS. The standard InChI is InChI=1S/C16H17ClFNS/c1-11(19-2)14-9-13(18)7-8-16(14)20-10-12-5-3-4-6-15(12)17/h3-9,11,19H,10H2,1-2H3. The van der Waals surface area contributed by atoms with E-state index < -0.39 is 0 Å². The van der Waals surface area contributed by atoms with Crippen molar-refractivity contribution in [3.8, 4) is 0 Å². The van der Waals surface area contributed by atoms with Crippen LogP contribution in [0, 0.1) is 5.82 Å². The van der Waals surface area contributed by atoms with Gasteiger partial charge in [0.15, 0.2) is 0 Å². The molecule has 0 aromatic heterocycles. The highest BCUT2D eigenvalue weighted by Gasteiger charge is 2.11. The molecule has 1 atom stereocenters. The van der Waals surface area contributed by atoms with Crippen molar-refractivity contribution in [3.05, 3.63) is 64.4 Å². The van der Waals surface area contributed by atoms with E-state index in [1.54, 1.807) is 17.8 Å². The zero-order valence-electron chi connectivity index (χ0n) is 11.5. The van der Waals surface area contributed by atoms with E-state index in [1.165, 1.54) is 6.07 Å². The molecule has 2 aromatic carbocycles. The van der Waals surface area contributed by atoms with Gasteiger partial charge in [0.1, 0.15) is 5.82 Å². The van der Waals surface area contributed by atoms with Gasteiger partial charge < -0.3 is 5.32 Å². The first kappa shape index (κ1) is 15.4. The minimum absolute atomic E-state index is 0.111. The lowest BCUT2D eigenvalue weighted by Gasteiger charge is -2.16. The molecule has 0 spiro atoms. The van der Waals surface area contributed by atoms with Gasteiger partial charge in [-0.05, 0) is 49.4 Å². The van der Waals surface area contributed by atoms with Gasteiger partial charge in [-0.1, -0.05) is 29.8 Å². The zero-order valence-corrected chi connectivity index (χ0v) is 13.1. The minimum atomic E-state index is -0.204. The van der Waals surface area contributed by atoms with Crippen molar-refractivity contribution in [3.63, 3.8) is 0 Å². The molecule has 1 N–H and O–H groups in total. The predicted octanol–water partition coefficient (Wildman–Crippen LogP) is 5.05. The molecule has 0 heterocycles. The summed E-state index contributed by atoms with van der Waals surface area (Å²) in [6.07, 6.45) is 0. The molecule has 2 rings (SSSR count). The second-order valence-electron chi connectivity index (χ2n) is 4.57. The van der Waals surface area contributed by atoms with Crippen LogP contribution in [0.25, 0.3) is 0 Å². The summed E-state index contributed by atoms with van der Waals surface area (Å²) >= 11 is 7.84. The van der Waals surface area contributed by atoms with Gasteiger partial charge in [0.2, 0.25) is 0 Å². The van der Waals surface area contributed by atoms with Crippen molar-refractivity contribution in [1.82, 2.24) is 5.32 Å². The summed E-state index contributed by atoms with van der Waals surface area (Å²) in [6, 6.07) is 12.8. The van der Waals surface area contributed by atoms with Crippen molar-refractivity contribution in [1.29, 1.82) is 0 Å². The lowest BCUT2D eigenvalue weighted by molar-refractivity contribution is 0.601. The van der Waals surface area contributed by atoms with Gasteiger partial charge in [0, 0.05) is 21.7 Å². The second kappa shape index (κ2) is 7.11. The lowest BCUT2D eigenvalue weighted by atomic mass is 10.1. The molecule has 106 valence electrons. The van der Waals surface area contributed by atoms with E-state index in [1.807, 2.05) is 44.3 Å². The van der Waals surface area contributed by atoms with E-state index in [0.29, 0.717) is 0 Å². The Morgan fingerprint density at radius 1 is 1.25 bits per heavy atom. The molecule has 0 radical (unpaired) electrons. The number of rotatable bonds is 5. The van der Waals surface area contributed by atoms with Crippen molar-refractivity contribution < 1.29 is 4.39 Å². The van der Waals surface area contributed by atoms with E-state index in [-0.39, 0.29) is 11.9 Å². The third-order valence-corrected chi connectivity index (χ3v) is 4.72. The Labute approximate surface area is 128 Å². The smallest absolute Gasteiger partial charge is 0.123 e. The van der Waals surface area contributed by atoms with E-state index in [2.05, 4.69) is 5.32 Å². The van der Waals surface area contributed by atoms with Crippen LogP contribution in [0.1, 0.15) is 24.1 Å². The van der Waals surface area contributed by atoms with Crippen LogP contribution in [0.2, 0.25) is 5.02 Å². The average molecular weight is 310 g/mol. The van der Waals surface area contributed by atoms with Crippen molar-refractivity contribution in [2.45, 2.75) is 23.6 Å². The van der Waals surface area contributed by atoms with Gasteiger partial charge in [0.05, 0.1) is 0 Å². The van der Waals surface area contributed by atoms with Crippen LogP contribution in [0.5, 0.6) is 0 Å². The van der Waals surface area contributed by atoms with E-state index in [0.717, 1.165) is 26.8 Å². The van der Waals surface area contributed by atoms with Crippen molar-refractivity contribution >= 4 is 23.4 Å². The Balaban J connectivity index is 2.19. The van der Waals surface area contributed by atoms with E-state index in [9.17, 15) is 4.39 Å². The molecule has 0 aliphatic rings. The molecule has 4 heteroatoms. The molecular weight excluding hydrogens is 293 g/mol. The van der Waals surface area contributed by atoms with Gasteiger partial charge in [-0.2, -0.15) is 0 Å². The van der Waals surface area contributed by atoms with Gasteiger partial charge in [0.25, 0.3) is 0 Å². The number of benzene rings is 2. The predicted molar refractivity (Wildman–Crippen MR) is 84.9 cm³/mol. The molecule has 0 saturated carbocycles. The summed E-state index contributed by atoms with van der Waals surface area (Å²) in [5, 5.41) is 3.92. The highest BCUT2D eigenvalue weighted by atomic mass is 35.5. The molecule has 0 aliphatic carbocycles. The fraction of sp³-hybridized carbons (Fsp3) is 0.250. The van der Waals surface area contributed by atoms with Gasteiger partial charge in [-0.3, -0.25) is 0 Å². The van der Waals surface area contributed by atoms with Crippen LogP contribution >= 0.6 is 23.4 Å². The first-order valence-electron chi connectivity index (χ1n) is 6.44. The Bertz CT molecular complexity index is 588. The second-order valence-corrected chi connectivity index (χ2v) is 6.00. The van der Waals surface area contributed by atoms with Crippen molar-refractivity contribution in [2.24, 2.45) is 0 Å². The average Bonchev–Trinajstić information content (AvgIpc) is 2.46. The van der Waals surface area contributed by atoms with Crippen LogP contribution in [-0.4, -0.2) is 7.05 Å². The number of halogens is 2. The molecule has 1 unspecified atom stereocenters.